The summed E-state index contributed by atoms with van der Waals surface area (Å²) >= 11 is 7.44. The number of aliphatic hydroxyl groups is 1. The van der Waals surface area contributed by atoms with Gasteiger partial charge in [-0.3, -0.25) is 9.69 Å². The van der Waals surface area contributed by atoms with Crippen molar-refractivity contribution in [3.8, 4) is 16.5 Å². The lowest BCUT2D eigenvalue weighted by Gasteiger charge is -2.34. The zero-order valence-corrected chi connectivity index (χ0v) is 24.9. The molecule has 0 aromatic carbocycles. The molecule has 2 amide bonds. The average molecular weight is 606 g/mol. The number of halogens is 1. The van der Waals surface area contributed by atoms with Crippen molar-refractivity contribution in [1.29, 1.82) is 0 Å². The number of carbonyl (C=O) groups excluding carboxylic acids is 2. The lowest BCUT2D eigenvalue weighted by atomic mass is 10.0. The largest absolute Gasteiger partial charge is 0.414 e. The summed E-state index contributed by atoms with van der Waals surface area (Å²) in [5.74, 6) is 0.390. The van der Waals surface area contributed by atoms with Crippen molar-refractivity contribution in [1.82, 2.24) is 35.0 Å². The monoisotopic (exact) mass is 605 g/mol. The van der Waals surface area contributed by atoms with Crippen molar-refractivity contribution in [2.45, 2.75) is 45.3 Å². The molecule has 0 saturated carbocycles. The molecule has 0 unspecified atom stereocenters. The number of rotatable bonds is 9. The lowest BCUT2D eigenvalue weighted by molar-refractivity contribution is 0.0603. The Morgan fingerprint density at radius 2 is 1.93 bits per heavy atom. The Kier molecular flexibility index (Phi) is 9.60. The number of piperazine rings is 1. The molecule has 0 atom stereocenters. The minimum Gasteiger partial charge on any atom is -0.395 e. The predicted octanol–water partition coefficient (Wildman–Crippen LogP) is 3.01. The van der Waals surface area contributed by atoms with Gasteiger partial charge in [0.1, 0.15) is 11.4 Å². The van der Waals surface area contributed by atoms with Crippen LogP contribution in [0.1, 0.15) is 42.9 Å². The van der Waals surface area contributed by atoms with Gasteiger partial charge in [-0.25, -0.2) is 9.48 Å². The van der Waals surface area contributed by atoms with E-state index in [4.69, 9.17) is 20.9 Å². The SMILES string of the molecule is CC(C)N1CCC(NC(=O)Oc2cc(C(=O)N3CCN(CCO)CC3)n(Cc3cc(-c4ccc(Cl)s4)on3)n2)CC1. The molecular weight excluding hydrogens is 570 g/mol. The Hall–Kier alpha value is -2.97. The molecule has 3 aromatic heterocycles. The van der Waals surface area contributed by atoms with Gasteiger partial charge in [-0.15, -0.1) is 16.4 Å². The first-order valence-electron chi connectivity index (χ1n) is 13.9. The van der Waals surface area contributed by atoms with E-state index in [1.165, 1.54) is 22.1 Å². The topological polar surface area (TPSA) is 129 Å². The molecule has 5 heterocycles. The van der Waals surface area contributed by atoms with Crippen LogP contribution in [0.3, 0.4) is 0 Å². The molecule has 14 heteroatoms. The summed E-state index contributed by atoms with van der Waals surface area (Å²) in [7, 11) is 0. The fourth-order valence-corrected chi connectivity index (χ4v) is 6.16. The van der Waals surface area contributed by atoms with Crippen LogP contribution in [0.5, 0.6) is 5.88 Å². The van der Waals surface area contributed by atoms with Gasteiger partial charge in [0.15, 0.2) is 5.76 Å². The molecule has 0 spiro atoms. The second kappa shape index (κ2) is 13.3. The van der Waals surface area contributed by atoms with Crippen molar-refractivity contribution in [3.05, 3.63) is 40.0 Å². The third-order valence-electron chi connectivity index (χ3n) is 7.52. The van der Waals surface area contributed by atoms with Crippen LogP contribution in [0.15, 0.2) is 28.8 Å². The van der Waals surface area contributed by atoms with E-state index in [1.54, 1.807) is 17.0 Å². The number of aliphatic hydroxyl groups excluding tert-OH is 1. The number of carbonyl (C=O) groups is 2. The predicted molar refractivity (Wildman–Crippen MR) is 154 cm³/mol. The first-order valence-corrected chi connectivity index (χ1v) is 15.1. The number of nitrogens with one attached hydrogen (secondary N) is 1. The fourth-order valence-electron chi connectivity index (χ4n) is 5.17. The molecule has 2 saturated heterocycles. The molecule has 2 aliphatic heterocycles. The van der Waals surface area contributed by atoms with Crippen LogP contribution in [0.25, 0.3) is 10.6 Å². The van der Waals surface area contributed by atoms with Crippen LogP contribution in [0.4, 0.5) is 4.79 Å². The molecule has 2 N–H and O–H groups in total. The van der Waals surface area contributed by atoms with E-state index in [9.17, 15) is 14.7 Å². The van der Waals surface area contributed by atoms with Crippen molar-refractivity contribution < 1.29 is 24.0 Å². The standard InChI is InChI=1S/C27H36ClN7O5S/c1-18(2)33-7-5-19(6-8-33)29-27(38)39-25-16-21(26(37)34-11-9-32(10-12-34)13-14-36)35(30-25)17-20-15-22(40-31-20)23-3-4-24(28)41-23/h3-4,15-16,18-19,36H,5-14,17H2,1-2H3,(H,29,38). The molecule has 0 aliphatic carbocycles. The number of hydrogen-bond donors (Lipinski definition) is 2. The number of likely N-dealkylation sites (tertiary alicyclic amines) is 1. The Balaban J connectivity index is 1.29. The van der Waals surface area contributed by atoms with E-state index in [-0.39, 0.29) is 36.7 Å². The number of hydrogen-bond acceptors (Lipinski definition) is 10. The summed E-state index contributed by atoms with van der Waals surface area (Å²) < 4.78 is 13.2. The third kappa shape index (κ3) is 7.46. The highest BCUT2D eigenvalue weighted by Crippen LogP contribution is 2.31. The average Bonchev–Trinajstić information content (AvgIpc) is 3.69. The zero-order chi connectivity index (χ0) is 28.9. The lowest BCUT2D eigenvalue weighted by Crippen LogP contribution is -2.49. The van der Waals surface area contributed by atoms with Crippen LogP contribution in [0, 0.1) is 0 Å². The van der Waals surface area contributed by atoms with Crippen molar-refractivity contribution in [2.75, 3.05) is 52.4 Å². The molecule has 2 aliphatic rings. The minimum atomic E-state index is -0.590. The van der Waals surface area contributed by atoms with Gasteiger partial charge in [-0.2, -0.15) is 0 Å². The Labute approximate surface area is 247 Å². The molecule has 5 rings (SSSR count). The summed E-state index contributed by atoms with van der Waals surface area (Å²) in [4.78, 5) is 33.4. The van der Waals surface area contributed by atoms with Crippen LogP contribution >= 0.6 is 22.9 Å². The maximum absolute atomic E-state index is 13.6. The molecule has 12 nitrogen and oxygen atoms in total. The quantitative estimate of drug-likeness (QED) is 0.378. The number of nitrogens with zero attached hydrogens (tertiary/aromatic N) is 6. The first kappa shape index (κ1) is 29.5. The minimum absolute atomic E-state index is 0.0233. The van der Waals surface area contributed by atoms with Gasteiger partial charge in [0.05, 0.1) is 22.4 Å². The molecule has 0 radical (unpaired) electrons. The van der Waals surface area contributed by atoms with Gasteiger partial charge in [-0.1, -0.05) is 16.8 Å². The Bertz CT molecular complexity index is 1330. The maximum Gasteiger partial charge on any atom is 0.414 e. The number of thiophene rings is 1. The third-order valence-corrected chi connectivity index (χ3v) is 8.76. The molecular formula is C27H36ClN7O5S. The van der Waals surface area contributed by atoms with E-state index >= 15 is 0 Å². The normalized spacial score (nSPS) is 17.3. The maximum atomic E-state index is 13.6. The second-order valence-corrected chi connectivity index (χ2v) is 12.3. The van der Waals surface area contributed by atoms with Crippen molar-refractivity contribution in [3.63, 3.8) is 0 Å². The summed E-state index contributed by atoms with van der Waals surface area (Å²) in [5.41, 5.74) is 0.847. The zero-order valence-electron chi connectivity index (χ0n) is 23.3. The van der Waals surface area contributed by atoms with E-state index < -0.39 is 6.09 Å². The van der Waals surface area contributed by atoms with E-state index in [0.29, 0.717) is 54.6 Å². The van der Waals surface area contributed by atoms with Gasteiger partial charge in [0.25, 0.3) is 5.91 Å². The highest BCUT2D eigenvalue weighted by atomic mass is 35.5. The number of β-amino-alcohol motifs (C(OH)–C–C–N with tert-alkyl or cyclic N) is 1. The van der Waals surface area contributed by atoms with Gasteiger partial charge in [-0.05, 0) is 38.8 Å². The van der Waals surface area contributed by atoms with Crippen LogP contribution in [0.2, 0.25) is 4.34 Å². The first-order chi connectivity index (χ1) is 19.8. The molecule has 0 bridgehead atoms. The molecule has 222 valence electrons. The van der Waals surface area contributed by atoms with Crippen LogP contribution in [-0.4, -0.2) is 111 Å². The molecule has 2 fully saturated rings. The van der Waals surface area contributed by atoms with Crippen LogP contribution < -0.4 is 10.1 Å². The summed E-state index contributed by atoms with van der Waals surface area (Å²) in [6.45, 7) is 9.34. The second-order valence-electron chi connectivity index (χ2n) is 10.6. The van der Waals surface area contributed by atoms with E-state index in [0.717, 1.165) is 30.8 Å². The molecule has 41 heavy (non-hydrogen) atoms. The number of amides is 2. The highest BCUT2D eigenvalue weighted by molar-refractivity contribution is 7.19. The highest BCUT2D eigenvalue weighted by Gasteiger charge is 2.28. The fraction of sp³-hybridized carbons (Fsp3) is 0.556. The van der Waals surface area contributed by atoms with Gasteiger partial charge in [0, 0.05) is 70.0 Å². The van der Waals surface area contributed by atoms with Gasteiger partial charge in [0.2, 0.25) is 5.88 Å². The summed E-state index contributed by atoms with van der Waals surface area (Å²) in [6, 6.07) is 7.43. The van der Waals surface area contributed by atoms with E-state index in [2.05, 4.69) is 39.2 Å². The number of piperidine rings is 1. The Morgan fingerprint density at radius 3 is 2.59 bits per heavy atom. The Morgan fingerprint density at radius 1 is 1.17 bits per heavy atom. The van der Waals surface area contributed by atoms with Crippen molar-refractivity contribution >= 4 is 34.9 Å². The smallest absolute Gasteiger partial charge is 0.395 e. The summed E-state index contributed by atoms with van der Waals surface area (Å²) in [6.07, 6.45) is 1.10. The van der Waals surface area contributed by atoms with Crippen LogP contribution in [-0.2, 0) is 6.54 Å². The van der Waals surface area contributed by atoms with E-state index in [1.807, 2.05) is 6.07 Å². The summed E-state index contributed by atoms with van der Waals surface area (Å²) in [5, 5.41) is 20.8. The molecule has 3 aromatic rings. The number of ether oxygens (including phenoxy) is 1. The van der Waals surface area contributed by atoms with Crippen molar-refractivity contribution in [2.24, 2.45) is 0 Å². The number of aromatic nitrogens is 3. The van der Waals surface area contributed by atoms with Gasteiger partial charge < -0.3 is 29.5 Å². The van der Waals surface area contributed by atoms with Gasteiger partial charge >= 0.3 is 6.09 Å².